The number of hydrogen-bond acceptors (Lipinski definition) is 4. The molecule has 1 aliphatic heterocycles. The lowest BCUT2D eigenvalue weighted by atomic mass is 10.1. The SMILES string of the molecule is Nc1c(F)cccc1C(=O)N1CC(O)CC1C(=O)O. The van der Waals surface area contributed by atoms with E-state index in [2.05, 4.69) is 0 Å². The third-order valence-corrected chi connectivity index (χ3v) is 3.11. The first kappa shape index (κ1) is 13.3. The number of carboxylic acid groups (broad SMARTS) is 1. The third-order valence-electron chi connectivity index (χ3n) is 3.11. The quantitative estimate of drug-likeness (QED) is 0.658. The van der Waals surface area contributed by atoms with Crippen molar-refractivity contribution in [2.45, 2.75) is 18.6 Å². The first-order chi connectivity index (χ1) is 8.91. The summed E-state index contributed by atoms with van der Waals surface area (Å²) < 4.78 is 13.3. The van der Waals surface area contributed by atoms with Gasteiger partial charge in [-0.15, -0.1) is 0 Å². The van der Waals surface area contributed by atoms with Gasteiger partial charge in [-0.2, -0.15) is 0 Å². The van der Waals surface area contributed by atoms with Crippen molar-refractivity contribution in [2.24, 2.45) is 0 Å². The fraction of sp³-hybridized carbons (Fsp3) is 0.333. The van der Waals surface area contributed by atoms with Gasteiger partial charge in [-0.3, -0.25) is 4.79 Å². The van der Waals surface area contributed by atoms with E-state index in [4.69, 9.17) is 10.8 Å². The van der Waals surface area contributed by atoms with Crippen LogP contribution >= 0.6 is 0 Å². The number of aliphatic hydroxyl groups excluding tert-OH is 1. The molecular weight excluding hydrogens is 255 g/mol. The van der Waals surface area contributed by atoms with E-state index in [0.29, 0.717) is 0 Å². The third kappa shape index (κ3) is 2.37. The Labute approximate surface area is 108 Å². The molecular formula is C12H13FN2O4. The van der Waals surface area contributed by atoms with E-state index < -0.39 is 29.8 Å². The van der Waals surface area contributed by atoms with Gasteiger partial charge >= 0.3 is 5.97 Å². The second-order valence-corrected chi connectivity index (χ2v) is 4.40. The number of benzene rings is 1. The Hall–Kier alpha value is -2.15. The van der Waals surface area contributed by atoms with Crippen molar-refractivity contribution in [3.05, 3.63) is 29.6 Å². The normalized spacial score (nSPS) is 22.5. The number of aliphatic hydroxyl groups is 1. The number of nitrogen functional groups attached to an aromatic ring is 1. The van der Waals surface area contributed by atoms with Crippen LogP contribution in [0.2, 0.25) is 0 Å². The molecule has 1 amide bonds. The summed E-state index contributed by atoms with van der Waals surface area (Å²) in [6.07, 6.45) is -0.948. The van der Waals surface area contributed by atoms with Crippen LogP contribution in [0.25, 0.3) is 0 Å². The van der Waals surface area contributed by atoms with E-state index in [-0.39, 0.29) is 24.2 Å². The van der Waals surface area contributed by atoms with E-state index in [1.807, 2.05) is 0 Å². The molecule has 1 aromatic carbocycles. The van der Waals surface area contributed by atoms with Gasteiger partial charge in [-0.25, -0.2) is 9.18 Å². The maximum Gasteiger partial charge on any atom is 0.326 e. The first-order valence-corrected chi connectivity index (χ1v) is 5.67. The molecule has 0 saturated carbocycles. The number of hydrogen-bond donors (Lipinski definition) is 3. The molecule has 2 unspecified atom stereocenters. The molecule has 0 radical (unpaired) electrons. The smallest absolute Gasteiger partial charge is 0.326 e. The molecule has 1 aliphatic rings. The highest BCUT2D eigenvalue weighted by Gasteiger charge is 2.39. The number of amides is 1. The summed E-state index contributed by atoms with van der Waals surface area (Å²) in [5, 5.41) is 18.5. The van der Waals surface area contributed by atoms with Gasteiger partial charge in [0, 0.05) is 13.0 Å². The van der Waals surface area contributed by atoms with Crippen molar-refractivity contribution in [1.82, 2.24) is 4.90 Å². The van der Waals surface area contributed by atoms with Crippen molar-refractivity contribution in [1.29, 1.82) is 0 Å². The fourth-order valence-corrected chi connectivity index (χ4v) is 2.15. The molecule has 102 valence electrons. The molecule has 1 aromatic rings. The molecule has 0 aliphatic carbocycles. The van der Waals surface area contributed by atoms with Gasteiger partial charge in [0.05, 0.1) is 17.4 Å². The zero-order valence-corrected chi connectivity index (χ0v) is 9.91. The highest BCUT2D eigenvalue weighted by Crippen LogP contribution is 2.24. The number of anilines is 1. The molecule has 4 N–H and O–H groups in total. The van der Waals surface area contributed by atoms with Crippen molar-refractivity contribution in [3.8, 4) is 0 Å². The van der Waals surface area contributed by atoms with E-state index in [1.165, 1.54) is 12.1 Å². The Balaban J connectivity index is 2.33. The minimum Gasteiger partial charge on any atom is -0.480 e. The number of halogens is 1. The van der Waals surface area contributed by atoms with Gasteiger partial charge < -0.3 is 20.8 Å². The van der Waals surface area contributed by atoms with Crippen LogP contribution in [0, 0.1) is 5.82 Å². The average molecular weight is 268 g/mol. The van der Waals surface area contributed by atoms with Gasteiger partial charge in [-0.1, -0.05) is 6.07 Å². The summed E-state index contributed by atoms with van der Waals surface area (Å²) in [6.45, 7) is -0.105. The van der Waals surface area contributed by atoms with E-state index >= 15 is 0 Å². The predicted octanol–water partition coefficient (Wildman–Crippen LogP) is 0.0679. The number of carboxylic acids is 1. The van der Waals surface area contributed by atoms with Crippen molar-refractivity contribution in [2.75, 3.05) is 12.3 Å². The first-order valence-electron chi connectivity index (χ1n) is 5.67. The Morgan fingerprint density at radius 2 is 2.11 bits per heavy atom. The largest absolute Gasteiger partial charge is 0.480 e. The Morgan fingerprint density at radius 1 is 1.42 bits per heavy atom. The molecule has 0 aromatic heterocycles. The lowest BCUT2D eigenvalue weighted by Gasteiger charge is -2.21. The number of nitrogens with zero attached hydrogens (tertiary/aromatic N) is 1. The maximum absolute atomic E-state index is 13.3. The molecule has 1 heterocycles. The number of likely N-dealkylation sites (tertiary alicyclic amines) is 1. The summed E-state index contributed by atoms with van der Waals surface area (Å²) in [4.78, 5) is 24.2. The molecule has 1 saturated heterocycles. The van der Waals surface area contributed by atoms with Gasteiger partial charge in [0.2, 0.25) is 0 Å². The Morgan fingerprint density at radius 3 is 2.74 bits per heavy atom. The highest BCUT2D eigenvalue weighted by molar-refractivity contribution is 6.01. The van der Waals surface area contributed by atoms with E-state index in [0.717, 1.165) is 11.0 Å². The molecule has 2 rings (SSSR count). The molecule has 1 fully saturated rings. The second-order valence-electron chi connectivity index (χ2n) is 4.40. The molecule has 6 nitrogen and oxygen atoms in total. The monoisotopic (exact) mass is 268 g/mol. The van der Waals surface area contributed by atoms with Crippen LogP contribution in [0.3, 0.4) is 0 Å². The Kier molecular flexibility index (Phi) is 3.39. The van der Waals surface area contributed by atoms with Gasteiger partial charge in [0.25, 0.3) is 5.91 Å². The van der Waals surface area contributed by atoms with Crippen LogP contribution in [-0.4, -0.2) is 45.7 Å². The number of rotatable bonds is 2. The molecule has 2 atom stereocenters. The van der Waals surface area contributed by atoms with Crippen LogP contribution < -0.4 is 5.73 Å². The van der Waals surface area contributed by atoms with Gasteiger partial charge in [0.15, 0.2) is 0 Å². The average Bonchev–Trinajstić information content (AvgIpc) is 2.74. The number of aliphatic carboxylic acids is 1. The number of nitrogens with two attached hydrogens (primary N) is 1. The number of para-hydroxylation sites is 1. The molecule has 0 spiro atoms. The van der Waals surface area contributed by atoms with E-state index in [1.54, 1.807) is 0 Å². The zero-order valence-electron chi connectivity index (χ0n) is 9.91. The maximum atomic E-state index is 13.3. The lowest BCUT2D eigenvalue weighted by Crippen LogP contribution is -2.40. The van der Waals surface area contributed by atoms with Crippen LogP contribution in [0.1, 0.15) is 16.8 Å². The Bertz CT molecular complexity index is 534. The molecule has 7 heteroatoms. The van der Waals surface area contributed by atoms with E-state index in [9.17, 15) is 19.1 Å². The topological polar surface area (TPSA) is 104 Å². The standard InChI is InChI=1S/C12H13FN2O4/c13-8-3-1-2-7(10(8)14)11(17)15-5-6(16)4-9(15)12(18)19/h1-3,6,9,16H,4-5,14H2,(H,18,19). The van der Waals surface area contributed by atoms with Crippen LogP contribution in [0.4, 0.5) is 10.1 Å². The van der Waals surface area contributed by atoms with Crippen molar-refractivity contribution >= 4 is 17.6 Å². The number of β-amino-alcohol motifs (C(OH)–C–C–N with tert-alkyl or cyclic N) is 1. The predicted molar refractivity (Wildman–Crippen MR) is 63.9 cm³/mol. The van der Waals surface area contributed by atoms with Crippen LogP contribution in [-0.2, 0) is 4.79 Å². The van der Waals surface area contributed by atoms with Crippen molar-refractivity contribution < 1.29 is 24.2 Å². The lowest BCUT2D eigenvalue weighted by molar-refractivity contribution is -0.141. The zero-order chi connectivity index (χ0) is 14.2. The molecule has 0 bridgehead atoms. The summed E-state index contributed by atoms with van der Waals surface area (Å²) in [6, 6.07) is 2.63. The second kappa shape index (κ2) is 4.85. The number of carbonyl (C=O) groups excluding carboxylic acids is 1. The fourth-order valence-electron chi connectivity index (χ4n) is 2.15. The molecule has 19 heavy (non-hydrogen) atoms. The highest BCUT2D eigenvalue weighted by atomic mass is 19.1. The van der Waals surface area contributed by atoms with Gasteiger partial charge in [0.1, 0.15) is 11.9 Å². The van der Waals surface area contributed by atoms with Crippen LogP contribution in [0.5, 0.6) is 0 Å². The summed E-state index contributed by atoms with van der Waals surface area (Å²) in [5.74, 6) is -2.64. The van der Waals surface area contributed by atoms with Crippen LogP contribution in [0.15, 0.2) is 18.2 Å². The minimum atomic E-state index is -1.21. The minimum absolute atomic E-state index is 0.0453. The number of carbonyl (C=O) groups is 2. The van der Waals surface area contributed by atoms with Gasteiger partial charge in [-0.05, 0) is 12.1 Å². The summed E-state index contributed by atoms with van der Waals surface area (Å²) >= 11 is 0. The summed E-state index contributed by atoms with van der Waals surface area (Å²) in [7, 11) is 0. The van der Waals surface area contributed by atoms with Crippen molar-refractivity contribution in [3.63, 3.8) is 0 Å². The summed E-state index contributed by atoms with van der Waals surface area (Å²) in [5.41, 5.74) is 5.06.